The van der Waals surface area contributed by atoms with E-state index in [1.807, 2.05) is 50.5 Å². The molecular weight excluding hydrogens is 466 g/mol. The summed E-state index contributed by atoms with van der Waals surface area (Å²) in [7, 11) is 0. The van der Waals surface area contributed by atoms with Gasteiger partial charge in [0.15, 0.2) is 0 Å². The number of hydrogen-bond donors (Lipinski definition) is 3. The van der Waals surface area contributed by atoms with Gasteiger partial charge in [-0.15, -0.1) is 11.3 Å². The number of cyclic esters (lactones) is 1. The van der Waals surface area contributed by atoms with Crippen molar-refractivity contribution < 1.29 is 29.6 Å². The third kappa shape index (κ3) is 7.93. The van der Waals surface area contributed by atoms with Crippen molar-refractivity contribution in [1.29, 1.82) is 0 Å². The summed E-state index contributed by atoms with van der Waals surface area (Å²) >= 11 is 1.35. The highest BCUT2D eigenvalue weighted by Crippen LogP contribution is 2.32. The SMILES string of the molecule is CC1=C/C[C@@H](/C(C)=C/c2csc(CO)n2)OC(=O)C[C@H](O)C(C)(C)C(=O)[C@H](C)[C@@H](O)[C@@H](C)C\C=C\1. The molecule has 0 fully saturated rings. The number of ether oxygens (including phenoxy) is 1. The molecule has 0 aliphatic carbocycles. The van der Waals surface area contributed by atoms with Crippen LogP contribution < -0.4 is 0 Å². The Kier molecular flexibility index (Phi) is 10.6. The Morgan fingerprint density at radius 3 is 2.57 bits per heavy atom. The fourth-order valence-corrected chi connectivity index (χ4v) is 4.72. The van der Waals surface area contributed by atoms with Crippen LogP contribution in [0.3, 0.4) is 0 Å². The first-order valence-electron chi connectivity index (χ1n) is 12.0. The first-order chi connectivity index (χ1) is 16.4. The molecule has 7 nitrogen and oxygen atoms in total. The molecule has 35 heavy (non-hydrogen) atoms. The maximum atomic E-state index is 13.2. The fourth-order valence-electron chi connectivity index (χ4n) is 4.10. The normalized spacial score (nSPS) is 32.0. The van der Waals surface area contributed by atoms with Gasteiger partial charge in [-0.3, -0.25) is 9.59 Å². The molecule has 3 N–H and O–H groups in total. The zero-order valence-corrected chi connectivity index (χ0v) is 22.3. The Morgan fingerprint density at radius 1 is 1.26 bits per heavy atom. The van der Waals surface area contributed by atoms with E-state index < -0.39 is 35.6 Å². The Balaban J connectivity index is 2.37. The summed E-state index contributed by atoms with van der Waals surface area (Å²) in [5.41, 5.74) is 1.20. The molecule has 0 saturated heterocycles. The number of hydrogen-bond acceptors (Lipinski definition) is 8. The van der Waals surface area contributed by atoms with Crippen molar-refractivity contribution in [2.45, 2.75) is 85.7 Å². The lowest BCUT2D eigenvalue weighted by Crippen LogP contribution is -2.45. The Labute approximate surface area is 212 Å². The highest BCUT2D eigenvalue weighted by atomic mass is 32.1. The maximum Gasteiger partial charge on any atom is 0.309 e. The van der Waals surface area contributed by atoms with Crippen LogP contribution in [-0.2, 0) is 20.9 Å². The summed E-state index contributed by atoms with van der Waals surface area (Å²) in [5.74, 6) is -1.74. The van der Waals surface area contributed by atoms with Crippen LogP contribution in [0.4, 0.5) is 0 Å². The van der Waals surface area contributed by atoms with Crippen molar-refractivity contribution >= 4 is 29.2 Å². The van der Waals surface area contributed by atoms with Gasteiger partial charge < -0.3 is 20.1 Å². The molecular formula is C27H39NO6S. The molecule has 0 aromatic carbocycles. The minimum absolute atomic E-state index is 0.134. The lowest BCUT2D eigenvalue weighted by Gasteiger charge is -2.34. The van der Waals surface area contributed by atoms with Gasteiger partial charge in [-0.2, -0.15) is 0 Å². The number of esters is 1. The predicted octanol–water partition coefficient (Wildman–Crippen LogP) is 4.23. The van der Waals surface area contributed by atoms with E-state index in [2.05, 4.69) is 4.98 Å². The molecule has 1 aromatic heterocycles. The topological polar surface area (TPSA) is 117 Å². The summed E-state index contributed by atoms with van der Waals surface area (Å²) in [6, 6.07) is 0. The third-order valence-electron chi connectivity index (χ3n) is 6.74. The number of thiazole rings is 1. The van der Waals surface area contributed by atoms with Gasteiger partial charge >= 0.3 is 5.97 Å². The highest BCUT2D eigenvalue weighted by Gasteiger charge is 2.42. The van der Waals surface area contributed by atoms with E-state index in [0.717, 1.165) is 11.1 Å². The molecule has 2 heterocycles. The fraction of sp³-hybridized carbons (Fsp3) is 0.593. The third-order valence-corrected chi connectivity index (χ3v) is 7.59. The molecule has 194 valence electrons. The number of carbonyl (C=O) groups is 2. The van der Waals surface area contributed by atoms with Gasteiger partial charge in [-0.05, 0) is 37.8 Å². The van der Waals surface area contributed by atoms with Gasteiger partial charge in [0.05, 0.1) is 36.3 Å². The minimum atomic E-state index is -1.26. The Morgan fingerprint density at radius 2 is 1.94 bits per heavy atom. The number of carbonyl (C=O) groups excluding carboxylic acids is 2. The van der Waals surface area contributed by atoms with Crippen molar-refractivity contribution in [2.75, 3.05) is 0 Å². The van der Waals surface area contributed by atoms with E-state index in [1.54, 1.807) is 20.8 Å². The van der Waals surface area contributed by atoms with Crippen LogP contribution in [0.25, 0.3) is 6.08 Å². The van der Waals surface area contributed by atoms with Crippen molar-refractivity contribution in [2.24, 2.45) is 17.3 Å². The van der Waals surface area contributed by atoms with Crippen LogP contribution >= 0.6 is 11.3 Å². The number of rotatable bonds is 3. The van der Waals surface area contributed by atoms with E-state index in [1.165, 1.54) is 11.3 Å². The van der Waals surface area contributed by atoms with E-state index in [-0.39, 0.29) is 24.7 Å². The second-order valence-electron chi connectivity index (χ2n) is 10.1. The van der Waals surface area contributed by atoms with Crippen LogP contribution in [0.15, 0.2) is 34.8 Å². The van der Waals surface area contributed by atoms with Crippen molar-refractivity contribution in [3.8, 4) is 0 Å². The van der Waals surface area contributed by atoms with Crippen LogP contribution in [0, 0.1) is 17.3 Å². The summed E-state index contributed by atoms with van der Waals surface area (Å²) in [6.07, 6.45) is 5.71. The molecule has 0 amide bonds. The number of ketones is 1. The average Bonchev–Trinajstić information content (AvgIpc) is 3.26. The predicted molar refractivity (Wildman–Crippen MR) is 137 cm³/mol. The van der Waals surface area contributed by atoms with Gasteiger partial charge in [0, 0.05) is 17.7 Å². The van der Waals surface area contributed by atoms with Gasteiger partial charge in [-0.1, -0.05) is 51.5 Å². The second kappa shape index (κ2) is 12.7. The summed E-state index contributed by atoms with van der Waals surface area (Å²) in [5, 5.41) is 33.2. The lowest BCUT2D eigenvalue weighted by molar-refractivity contribution is -0.154. The number of Topliss-reactive ketones (excluding diaryl/α,β-unsaturated/α-hetero) is 1. The molecule has 8 heteroatoms. The molecule has 1 aromatic rings. The summed E-state index contributed by atoms with van der Waals surface area (Å²) < 4.78 is 5.76. The second-order valence-corrected chi connectivity index (χ2v) is 11.0. The average molecular weight is 506 g/mol. The van der Waals surface area contributed by atoms with E-state index in [0.29, 0.717) is 23.5 Å². The number of aromatic nitrogens is 1. The van der Waals surface area contributed by atoms with Crippen molar-refractivity contribution in [3.63, 3.8) is 0 Å². The molecule has 1 aliphatic heterocycles. The number of allylic oxidation sites excluding steroid dienone is 3. The first-order valence-corrected chi connectivity index (χ1v) is 12.9. The van der Waals surface area contributed by atoms with Crippen LogP contribution in [0.5, 0.6) is 0 Å². The molecule has 1 aliphatic rings. The smallest absolute Gasteiger partial charge is 0.309 e. The monoisotopic (exact) mass is 505 g/mol. The zero-order chi connectivity index (χ0) is 26.3. The van der Waals surface area contributed by atoms with E-state index in [4.69, 9.17) is 4.74 Å². The molecule has 0 unspecified atom stereocenters. The van der Waals surface area contributed by atoms with Gasteiger partial charge in [0.25, 0.3) is 0 Å². The molecule has 5 atom stereocenters. The van der Waals surface area contributed by atoms with E-state index in [9.17, 15) is 24.9 Å². The molecule has 0 bridgehead atoms. The highest BCUT2D eigenvalue weighted by molar-refractivity contribution is 7.09. The zero-order valence-electron chi connectivity index (χ0n) is 21.5. The van der Waals surface area contributed by atoms with Gasteiger partial charge in [0.1, 0.15) is 16.9 Å². The summed E-state index contributed by atoms with van der Waals surface area (Å²) in [6.45, 7) is 10.4. The summed E-state index contributed by atoms with van der Waals surface area (Å²) in [4.78, 5) is 30.3. The molecule has 0 radical (unpaired) electrons. The van der Waals surface area contributed by atoms with Gasteiger partial charge in [-0.25, -0.2) is 4.98 Å². The maximum absolute atomic E-state index is 13.2. The molecule has 0 spiro atoms. The standard InChI is InChI=1S/C27H39NO6S/c1-16-8-7-9-17(2)25(32)19(4)26(33)27(5,6)22(30)13-24(31)34-21(11-10-16)18(3)12-20-15-35-23(14-29)28-20/h7-8,10,12,15,17,19,21-22,25,29-30,32H,9,11,13-14H2,1-6H3/b8-7+,16-10-,18-12+/t17-,19+,21-,22-,25-/m0/s1. The van der Waals surface area contributed by atoms with Crippen molar-refractivity contribution in [1.82, 2.24) is 4.98 Å². The Bertz CT molecular complexity index is 976. The largest absolute Gasteiger partial charge is 0.457 e. The number of aliphatic hydroxyl groups is 3. The molecule has 2 rings (SSSR count). The number of aliphatic hydroxyl groups excluding tert-OH is 3. The van der Waals surface area contributed by atoms with Crippen molar-refractivity contribution in [3.05, 3.63) is 45.5 Å². The minimum Gasteiger partial charge on any atom is -0.457 e. The first kappa shape index (κ1) is 29.1. The van der Waals surface area contributed by atoms with Crippen LogP contribution in [-0.4, -0.2) is 50.4 Å². The quantitative estimate of drug-likeness (QED) is 0.527. The molecule has 0 saturated carbocycles. The van der Waals surface area contributed by atoms with Crippen LogP contribution in [0.1, 0.15) is 71.5 Å². The lowest BCUT2D eigenvalue weighted by atomic mass is 9.73. The van der Waals surface area contributed by atoms with E-state index >= 15 is 0 Å². The van der Waals surface area contributed by atoms with Gasteiger partial charge in [0.2, 0.25) is 0 Å². The van der Waals surface area contributed by atoms with Crippen LogP contribution in [0.2, 0.25) is 0 Å². The number of nitrogens with zero attached hydrogens (tertiary/aromatic N) is 1. The Hall–Kier alpha value is -2.13.